The largest absolute Gasteiger partial charge is 0.467 e. The van der Waals surface area contributed by atoms with Gasteiger partial charge in [0.1, 0.15) is 0 Å². The van der Waals surface area contributed by atoms with E-state index in [4.69, 9.17) is 9.26 Å². The summed E-state index contributed by atoms with van der Waals surface area (Å²) < 4.78 is 9.66. The molecule has 1 N–H and O–H groups in total. The van der Waals surface area contributed by atoms with Crippen molar-refractivity contribution in [3.63, 3.8) is 0 Å². The highest BCUT2D eigenvalue weighted by molar-refractivity contribution is 5.92. The van der Waals surface area contributed by atoms with Crippen LogP contribution >= 0.6 is 0 Å². The molecule has 1 amide bonds. The van der Waals surface area contributed by atoms with Gasteiger partial charge in [0.15, 0.2) is 5.69 Å². The van der Waals surface area contributed by atoms with E-state index < -0.39 is 0 Å². The Morgan fingerprint density at radius 1 is 1.61 bits per heavy atom. The average molecular weight is 254 g/mol. The number of hydrogen-bond donors (Lipinski definition) is 1. The second-order valence-electron chi connectivity index (χ2n) is 5.17. The molecule has 0 spiro atoms. The molecule has 18 heavy (non-hydrogen) atoms. The van der Waals surface area contributed by atoms with E-state index >= 15 is 0 Å². The number of carbonyl (C=O) groups is 1. The van der Waals surface area contributed by atoms with Crippen molar-refractivity contribution in [3.8, 4) is 5.95 Å². The van der Waals surface area contributed by atoms with Crippen LogP contribution < -0.4 is 10.1 Å². The van der Waals surface area contributed by atoms with Crippen molar-refractivity contribution in [2.24, 2.45) is 5.41 Å². The van der Waals surface area contributed by atoms with Crippen LogP contribution in [0, 0.1) is 5.41 Å². The van der Waals surface area contributed by atoms with Gasteiger partial charge >= 0.3 is 5.95 Å². The Morgan fingerprint density at radius 2 is 2.28 bits per heavy atom. The highest BCUT2D eigenvalue weighted by Gasteiger charge is 2.27. The second kappa shape index (κ2) is 5.89. The Balaban J connectivity index is 2.64. The minimum atomic E-state index is -0.237. The van der Waals surface area contributed by atoms with Gasteiger partial charge in [0.2, 0.25) is 0 Å². The van der Waals surface area contributed by atoms with Gasteiger partial charge in [-0.25, -0.2) is 0 Å². The molecule has 0 bridgehead atoms. The third-order valence-corrected chi connectivity index (χ3v) is 3.34. The van der Waals surface area contributed by atoms with Crippen molar-refractivity contribution < 1.29 is 14.1 Å². The Hall–Kier alpha value is -1.52. The van der Waals surface area contributed by atoms with E-state index in [2.05, 4.69) is 31.2 Å². The summed E-state index contributed by atoms with van der Waals surface area (Å²) >= 11 is 0. The van der Waals surface area contributed by atoms with E-state index in [-0.39, 0.29) is 29.0 Å². The molecule has 0 saturated carbocycles. The van der Waals surface area contributed by atoms with Gasteiger partial charge in [0, 0.05) is 6.04 Å². The maximum atomic E-state index is 11.9. The van der Waals surface area contributed by atoms with Gasteiger partial charge in [-0.05, 0) is 18.8 Å². The molecule has 0 aliphatic heterocycles. The molecule has 0 aliphatic rings. The zero-order chi connectivity index (χ0) is 13.8. The van der Waals surface area contributed by atoms with Crippen molar-refractivity contribution >= 4 is 5.91 Å². The SMILES string of the molecule is CCCC(C)(C)C(C)NC(=O)c1cc(OC)on1. The normalized spacial score (nSPS) is 13.2. The van der Waals surface area contributed by atoms with Crippen LogP contribution in [0.1, 0.15) is 51.0 Å². The molecule has 1 atom stereocenters. The molecular formula is C13H22N2O3. The smallest absolute Gasteiger partial charge is 0.311 e. The first-order valence-corrected chi connectivity index (χ1v) is 6.22. The lowest BCUT2D eigenvalue weighted by atomic mass is 9.81. The van der Waals surface area contributed by atoms with Gasteiger partial charge in [0.05, 0.1) is 13.2 Å². The Labute approximate surface area is 108 Å². The van der Waals surface area contributed by atoms with Crippen LogP contribution in [0.4, 0.5) is 0 Å². The van der Waals surface area contributed by atoms with Gasteiger partial charge < -0.3 is 14.6 Å². The molecule has 1 aromatic heterocycles. The molecular weight excluding hydrogens is 232 g/mol. The minimum absolute atomic E-state index is 0.0538. The fourth-order valence-corrected chi connectivity index (χ4v) is 1.79. The Morgan fingerprint density at radius 3 is 2.78 bits per heavy atom. The summed E-state index contributed by atoms with van der Waals surface area (Å²) in [7, 11) is 1.47. The van der Waals surface area contributed by atoms with E-state index in [9.17, 15) is 4.79 Å². The summed E-state index contributed by atoms with van der Waals surface area (Å²) in [6.45, 7) is 8.43. The van der Waals surface area contributed by atoms with Crippen LogP contribution in [-0.4, -0.2) is 24.2 Å². The number of rotatable bonds is 6. The first kappa shape index (κ1) is 14.5. The number of nitrogens with one attached hydrogen (secondary N) is 1. The van der Waals surface area contributed by atoms with E-state index in [1.807, 2.05) is 6.92 Å². The standard InChI is InChI=1S/C13H22N2O3/c1-6-7-13(3,4)9(2)14-12(16)10-8-11(17-5)18-15-10/h8-9H,6-7H2,1-5H3,(H,14,16). The van der Waals surface area contributed by atoms with Crippen molar-refractivity contribution in [1.29, 1.82) is 0 Å². The maximum Gasteiger partial charge on any atom is 0.311 e. The first-order valence-electron chi connectivity index (χ1n) is 6.22. The van der Waals surface area contributed by atoms with Gasteiger partial charge in [0.25, 0.3) is 5.91 Å². The molecule has 0 aromatic carbocycles. The van der Waals surface area contributed by atoms with Crippen LogP contribution in [0.5, 0.6) is 5.95 Å². The van der Waals surface area contributed by atoms with Crippen LogP contribution in [0.2, 0.25) is 0 Å². The van der Waals surface area contributed by atoms with Crippen LogP contribution in [0.3, 0.4) is 0 Å². The average Bonchev–Trinajstić information content (AvgIpc) is 2.77. The van der Waals surface area contributed by atoms with Gasteiger partial charge in [-0.1, -0.05) is 32.3 Å². The lowest BCUT2D eigenvalue weighted by Crippen LogP contribution is -2.43. The zero-order valence-corrected chi connectivity index (χ0v) is 11.7. The zero-order valence-electron chi connectivity index (χ0n) is 11.7. The van der Waals surface area contributed by atoms with Gasteiger partial charge in [-0.15, -0.1) is 0 Å². The molecule has 1 heterocycles. The molecule has 1 rings (SSSR count). The maximum absolute atomic E-state index is 11.9. The number of nitrogens with zero attached hydrogens (tertiary/aromatic N) is 1. The molecule has 0 radical (unpaired) electrons. The summed E-state index contributed by atoms with van der Waals surface area (Å²) in [6, 6.07) is 1.54. The predicted molar refractivity (Wildman–Crippen MR) is 68.7 cm³/mol. The molecule has 1 aromatic rings. The number of hydrogen-bond acceptors (Lipinski definition) is 4. The summed E-state index contributed by atoms with van der Waals surface area (Å²) in [5, 5.41) is 6.60. The Bertz CT molecular complexity index is 399. The summed E-state index contributed by atoms with van der Waals surface area (Å²) in [5.41, 5.74) is 0.295. The fraction of sp³-hybridized carbons (Fsp3) is 0.692. The third kappa shape index (κ3) is 3.48. The number of ether oxygens (including phenoxy) is 1. The van der Waals surface area contributed by atoms with E-state index in [1.54, 1.807) is 0 Å². The molecule has 0 saturated heterocycles. The molecule has 102 valence electrons. The number of methoxy groups -OCH3 is 1. The topological polar surface area (TPSA) is 64.4 Å². The highest BCUT2D eigenvalue weighted by atomic mass is 16.6. The minimum Gasteiger partial charge on any atom is -0.467 e. The van der Waals surface area contributed by atoms with E-state index in [1.165, 1.54) is 13.2 Å². The monoisotopic (exact) mass is 254 g/mol. The molecule has 0 fully saturated rings. The van der Waals surface area contributed by atoms with Crippen molar-refractivity contribution in [1.82, 2.24) is 10.5 Å². The summed E-state index contributed by atoms with van der Waals surface area (Å²) in [5.74, 6) is -0.000602. The van der Waals surface area contributed by atoms with E-state index in [0.717, 1.165) is 12.8 Å². The molecule has 1 unspecified atom stereocenters. The molecule has 5 nitrogen and oxygen atoms in total. The van der Waals surface area contributed by atoms with Crippen LogP contribution in [0.25, 0.3) is 0 Å². The van der Waals surface area contributed by atoms with Crippen LogP contribution in [-0.2, 0) is 0 Å². The van der Waals surface area contributed by atoms with Crippen molar-refractivity contribution in [2.45, 2.75) is 46.6 Å². The highest BCUT2D eigenvalue weighted by Crippen LogP contribution is 2.26. The number of amides is 1. The van der Waals surface area contributed by atoms with Crippen molar-refractivity contribution in [3.05, 3.63) is 11.8 Å². The first-order chi connectivity index (χ1) is 8.40. The predicted octanol–water partition coefficient (Wildman–Crippen LogP) is 2.63. The number of aromatic nitrogens is 1. The summed E-state index contributed by atoms with van der Waals surface area (Å²) in [4.78, 5) is 11.9. The summed E-state index contributed by atoms with van der Waals surface area (Å²) in [6.07, 6.45) is 2.14. The second-order valence-corrected chi connectivity index (χ2v) is 5.17. The van der Waals surface area contributed by atoms with E-state index in [0.29, 0.717) is 0 Å². The molecule has 5 heteroatoms. The Kier molecular flexibility index (Phi) is 4.76. The van der Waals surface area contributed by atoms with Crippen LogP contribution in [0.15, 0.2) is 10.6 Å². The lowest BCUT2D eigenvalue weighted by molar-refractivity contribution is 0.0889. The van der Waals surface area contributed by atoms with Gasteiger partial charge in [-0.2, -0.15) is 0 Å². The third-order valence-electron chi connectivity index (χ3n) is 3.34. The lowest BCUT2D eigenvalue weighted by Gasteiger charge is -2.31. The quantitative estimate of drug-likeness (QED) is 0.847. The number of carbonyl (C=O) groups excluding carboxylic acids is 1. The van der Waals surface area contributed by atoms with Gasteiger partial charge in [-0.3, -0.25) is 4.79 Å². The fourth-order valence-electron chi connectivity index (χ4n) is 1.79. The van der Waals surface area contributed by atoms with Crippen molar-refractivity contribution in [2.75, 3.05) is 7.11 Å². The molecule has 0 aliphatic carbocycles.